The van der Waals surface area contributed by atoms with Gasteiger partial charge in [0.25, 0.3) is 10.0 Å². The van der Waals surface area contributed by atoms with Crippen LogP contribution in [0.3, 0.4) is 0 Å². The Morgan fingerprint density at radius 1 is 1.33 bits per heavy atom. The van der Waals surface area contributed by atoms with Gasteiger partial charge in [0.05, 0.1) is 12.2 Å². The van der Waals surface area contributed by atoms with Crippen molar-refractivity contribution < 1.29 is 17.7 Å². The van der Waals surface area contributed by atoms with Gasteiger partial charge in [-0.05, 0) is 31.5 Å². The predicted octanol–water partition coefficient (Wildman–Crippen LogP) is 1.46. The maximum Gasteiger partial charge on any atom is 0.271 e. The number of nitrogens with zero attached hydrogens (tertiary/aromatic N) is 2. The second-order valence-electron chi connectivity index (χ2n) is 4.85. The Balaban J connectivity index is 2.14. The zero-order valence-corrected chi connectivity index (χ0v) is 12.5. The van der Waals surface area contributed by atoms with Crippen molar-refractivity contribution in [2.24, 2.45) is 0 Å². The number of nitrogen functional groups attached to an aromatic ring is 1. The van der Waals surface area contributed by atoms with Crippen molar-refractivity contribution in [1.29, 1.82) is 0 Å². The molecule has 0 unspecified atom stereocenters. The first-order valence-electron chi connectivity index (χ1n) is 6.39. The number of sulfonamides is 1. The van der Waals surface area contributed by atoms with Gasteiger partial charge in [0.1, 0.15) is 12.4 Å². The summed E-state index contributed by atoms with van der Waals surface area (Å²) in [5, 5.41) is 3.51. The Morgan fingerprint density at radius 2 is 2.10 bits per heavy atom. The Labute approximate surface area is 122 Å². The molecule has 0 bridgehead atoms. The van der Waals surface area contributed by atoms with E-state index in [2.05, 4.69) is 5.16 Å². The van der Waals surface area contributed by atoms with Gasteiger partial charge in [0.2, 0.25) is 0 Å². The van der Waals surface area contributed by atoms with Crippen LogP contribution in [0.1, 0.15) is 11.3 Å². The first kappa shape index (κ1) is 13.7. The van der Waals surface area contributed by atoms with Gasteiger partial charge in [-0.15, -0.1) is 0 Å². The van der Waals surface area contributed by atoms with Crippen molar-refractivity contribution in [2.45, 2.75) is 18.7 Å². The third kappa shape index (κ3) is 2.11. The topological polar surface area (TPSA) is 98.7 Å². The van der Waals surface area contributed by atoms with Crippen molar-refractivity contribution in [3.8, 4) is 5.75 Å². The Hall–Kier alpha value is -2.22. The van der Waals surface area contributed by atoms with Gasteiger partial charge in [-0.1, -0.05) is 11.2 Å². The Morgan fingerprint density at radius 3 is 2.76 bits per heavy atom. The molecular formula is C13H15N3O4S. The Kier molecular flexibility index (Phi) is 3.05. The van der Waals surface area contributed by atoms with Crippen molar-refractivity contribution in [1.82, 2.24) is 5.16 Å². The molecule has 1 aliphatic rings. The molecule has 8 heteroatoms. The lowest BCUT2D eigenvalue weighted by atomic mass is 10.2. The van der Waals surface area contributed by atoms with Crippen LogP contribution < -0.4 is 14.8 Å². The average Bonchev–Trinajstić information content (AvgIpc) is 2.77. The fourth-order valence-electron chi connectivity index (χ4n) is 2.36. The summed E-state index contributed by atoms with van der Waals surface area (Å²) in [4.78, 5) is -0.0871. The molecule has 0 amide bonds. The van der Waals surface area contributed by atoms with Gasteiger partial charge < -0.3 is 15.0 Å². The summed E-state index contributed by atoms with van der Waals surface area (Å²) in [6.45, 7) is 3.92. The fourth-order valence-corrected chi connectivity index (χ4v) is 4.00. The van der Waals surface area contributed by atoms with E-state index in [4.69, 9.17) is 15.0 Å². The molecule has 1 aromatic carbocycles. The van der Waals surface area contributed by atoms with E-state index in [1.165, 1.54) is 11.2 Å². The first-order chi connectivity index (χ1) is 9.91. The summed E-state index contributed by atoms with van der Waals surface area (Å²) in [6.07, 6.45) is 0. The monoisotopic (exact) mass is 309 g/mol. The van der Waals surface area contributed by atoms with E-state index < -0.39 is 10.0 Å². The highest BCUT2D eigenvalue weighted by molar-refractivity contribution is 7.93. The number of aromatic nitrogens is 1. The van der Waals surface area contributed by atoms with Gasteiger partial charge in [-0.2, -0.15) is 0 Å². The number of nitrogens with two attached hydrogens (primary N) is 1. The smallest absolute Gasteiger partial charge is 0.271 e. The highest BCUT2D eigenvalue weighted by Crippen LogP contribution is 2.37. The number of ether oxygens (including phenoxy) is 1. The molecule has 0 saturated carbocycles. The van der Waals surface area contributed by atoms with Crippen LogP contribution in [0.25, 0.3) is 0 Å². The van der Waals surface area contributed by atoms with E-state index in [1.807, 2.05) is 13.0 Å². The van der Waals surface area contributed by atoms with Gasteiger partial charge in [0.15, 0.2) is 16.5 Å². The molecule has 0 fully saturated rings. The minimum Gasteiger partial charge on any atom is -0.489 e. The molecule has 2 aromatic rings. The minimum absolute atomic E-state index is 0.0871. The number of fused-ring (bicyclic) bond motifs is 1. The predicted molar refractivity (Wildman–Crippen MR) is 76.9 cm³/mol. The molecule has 1 aromatic heterocycles. The molecule has 112 valence electrons. The summed E-state index contributed by atoms with van der Waals surface area (Å²) < 4.78 is 37.3. The van der Waals surface area contributed by atoms with Crippen molar-refractivity contribution in [2.75, 3.05) is 23.2 Å². The van der Waals surface area contributed by atoms with Gasteiger partial charge in [-0.3, -0.25) is 4.31 Å². The number of rotatable bonds is 2. The van der Waals surface area contributed by atoms with Crippen LogP contribution in [0.4, 0.5) is 11.5 Å². The number of hydrogen-bond acceptors (Lipinski definition) is 6. The number of hydrogen-bond donors (Lipinski definition) is 1. The second kappa shape index (κ2) is 4.66. The molecule has 1 aliphatic heterocycles. The normalized spacial score (nSPS) is 14.7. The molecule has 0 spiro atoms. The number of aryl methyl sites for hydroxylation is 2. The van der Waals surface area contributed by atoms with Crippen LogP contribution in [-0.4, -0.2) is 26.7 Å². The highest BCUT2D eigenvalue weighted by atomic mass is 32.2. The summed E-state index contributed by atoms with van der Waals surface area (Å²) >= 11 is 0. The molecule has 0 saturated heterocycles. The summed E-state index contributed by atoms with van der Waals surface area (Å²) in [5.74, 6) is 0.581. The van der Waals surface area contributed by atoms with E-state index in [0.29, 0.717) is 11.4 Å². The lowest BCUT2D eigenvalue weighted by molar-refractivity contribution is 0.315. The quantitative estimate of drug-likeness (QED) is 0.901. The van der Waals surface area contributed by atoms with Crippen LogP contribution >= 0.6 is 0 Å². The average molecular weight is 309 g/mol. The summed E-state index contributed by atoms with van der Waals surface area (Å²) in [6, 6.07) is 5.36. The maximum atomic E-state index is 12.8. The second-order valence-corrected chi connectivity index (χ2v) is 6.65. The molecule has 21 heavy (non-hydrogen) atoms. The number of benzene rings is 1. The molecule has 0 aliphatic carbocycles. The molecule has 3 rings (SSSR count). The largest absolute Gasteiger partial charge is 0.489 e. The van der Waals surface area contributed by atoms with E-state index in [1.54, 1.807) is 12.1 Å². The molecular weight excluding hydrogens is 294 g/mol. The van der Waals surface area contributed by atoms with Gasteiger partial charge in [-0.25, -0.2) is 8.42 Å². The lowest BCUT2D eigenvalue weighted by Gasteiger charge is -2.30. The van der Waals surface area contributed by atoms with Crippen molar-refractivity contribution >= 4 is 21.5 Å². The summed E-state index contributed by atoms with van der Waals surface area (Å²) in [5.41, 5.74) is 7.12. The third-order valence-electron chi connectivity index (χ3n) is 3.32. The van der Waals surface area contributed by atoms with Crippen LogP contribution in [0, 0.1) is 13.8 Å². The molecule has 0 atom stereocenters. The lowest BCUT2D eigenvalue weighted by Crippen LogP contribution is -2.38. The van der Waals surface area contributed by atoms with E-state index in [-0.39, 0.29) is 29.6 Å². The third-order valence-corrected chi connectivity index (χ3v) is 5.29. The zero-order chi connectivity index (χ0) is 15.2. The molecule has 2 N–H and O–H groups in total. The number of anilines is 2. The van der Waals surface area contributed by atoms with Crippen LogP contribution in [-0.2, 0) is 10.0 Å². The van der Waals surface area contributed by atoms with Crippen LogP contribution in [0.15, 0.2) is 27.6 Å². The standard InChI is InChI=1S/C13H15N3O4S/c1-8-3-4-10-11(7-8)19-6-5-16(10)21(17,18)12-9(2)20-15-13(12)14/h3-4,7H,5-6H2,1-2H3,(H2,14,15). The van der Waals surface area contributed by atoms with Crippen molar-refractivity contribution in [3.63, 3.8) is 0 Å². The first-order valence-corrected chi connectivity index (χ1v) is 7.83. The van der Waals surface area contributed by atoms with Gasteiger partial charge in [0, 0.05) is 0 Å². The van der Waals surface area contributed by atoms with Gasteiger partial charge >= 0.3 is 0 Å². The van der Waals surface area contributed by atoms with E-state index in [9.17, 15) is 8.42 Å². The minimum atomic E-state index is -3.83. The van der Waals surface area contributed by atoms with Crippen molar-refractivity contribution in [3.05, 3.63) is 29.5 Å². The Bertz CT molecular complexity index is 778. The highest BCUT2D eigenvalue weighted by Gasteiger charge is 2.35. The van der Waals surface area contributed by atoms with Crippen LogP contribution in [0.5, 0.6) is 5.75 Å². The fraction of sp³-hybridized carbons (Fsp3) is 0.308. The van der Waals surface area contributed by atoms with Crippen LogP contribution in [0.2, 0.25) is 0 Å². The maximum absolute atomic E-state index is 12.8. The SMILES string of the molecule is Cc1ccc2c(c1)OCCN2S(=O)(=O)c1c(N)noc1C. The molecule has 7 nitrogen and oxygen atoms in total. The zero-order valence-electron chi connectivity index (χ0n) is 11.7. The molecule has 0 radical (unpaired) electrons. The van der Waals surface area contributed by atoms with E-state index >= 15 is 0 Å². The summed E-state index contributed by atoms with van der Waals surface area (Å²) in [7, 11) is -3.83. The van der Waals surface area contributed by atoms with E-state index in [0.717, 1.165) is 5.56 Å². The molecule has 2 heterocycles.